The number of hydrogen-bond acceptors (Lipinski definition) is 4. The zero-order valence-electron chi connectivity index (χ0n) is 12.0. The van der Waals surface area contributed by atoms with Crippen LogP contribution < -0.4 is 5.32 Å². The van der Waals surface area contributed by atoms with Crippen LogP contribution in [0.5, 0.6) is 0 Å². The summed E-state index contributed by atoms with van der Waals surface area (Å²) in [5.41, 5.74) is 1.83. The van der Waals surface area contributed by atoms with E-state index < -0.39 is 17.8 Å². The van der Waals surface area contributed by atoms with Gasteiger partial charge in [0.25, 0.3) is 11.8 Å². The maximum Gasteiger partial charge on any atom is 0.310 e. The molecule has 116 valence electrons. The molecule has 3 rings (SSSR count). The van der Waals surface area contributed by atoms with Gasteiger partial charge >= 0.3 is 5.97 Å². The van der Waals surface area contributed by atoms with Crippen LogP contribution in [0.1, 0.15) is 31.8 Å². The number of amides is 2. The molecule has 0 radical (unpaired) electrons. The van der Waals surface area contributed by atoms with Crippen LogP contribution in [0.25, 0.3) is 0 Å². The quantitative estimate of drug-likeness (QED) is 0.691. The van der Waals surface area contributed by atoms with E-state index in [0.29, 0.717) is 10.6 Å². The summed E-state index contributed by atoms with van der Waals surface area (Å²) >= 11 is 5.79. The molecule has 0 saturated carbocycles. The molecule has 0 aromatic heterocycles. The zero-order valence-corrected chi connectivity index (χ0v) is 12.7. The Morgan fingerprint density at radius 2 is 1.78 bits per heavy atom. The smallest absolute Gasteiger partial charge is 0.310 e. The fraction of sp³-hybridized carbons (Fsp3) is 0.118. The number of halogens is 1. The molecule has 5 nitrogen and oxygen atoms in total. The van der Waals surface area contributed by atoms with Crippen LogP contribution in [0.15, 0.2) is 42.5 Å². The zero-order chi connectivity index (χ0) is 16.4. The van der Waals surface area contributed by atoms with Crippen molar-refractivity contribution >= 4 is 29.4 Å². The fourth-order valence-corrected chi connectivity index (χ4v) is 2.51. The Bertz CT molecular complexity index is 799. The van der Waals surface area contributed by atoms with Gasteiger partial charge in [0.1, 0.15) is 6.61 Å². The molecular weight excluding hydrogens is 318 g/mol. The van der Waals surface area contributed by atoms with Gasteiger partial charge in [0.15, 0.2) is 0 Å². The van der Waals surface area contributed by atoms with Crippen molar-refractivity contribution in [3.8, 4) is 0 Å². The van der Waals surface area contributed by atoms with E-state index in [-0.39, 0.29) is 24.2 Å². The molecule has 1 N–H and O–H groups in total. The lowest BCUT2D eigenvalue weighted by atomic mass is 10.0. The third kappa shape index (κ3) is 3.24. The minimum Gasteiger partial charge on any atom is -0.461 e. The Hall–Kier alpha value is -2.66. The summed E-state index contributed by atoms with van der Waals surface area (Å²) in [5.74, 6) is -1.40. The number of benzene rings is 2. The van der Waals surface area contributed by atoms with Gasteiger partial charge in [-0.25, -0.2) is 0 Å². The number of nitrogens with one attached hydrogen (secondary N) is 1. The summed E-state index contributed by atoms with van der Waals surface area (Å²) in [6.07, 6.45) is -0.0720. The van der Waals surface area contributed by atoms with E-state index in [9.17, 15) is 14.4 Å². The van der Waals surface area contributed by atoms with Gasteiger partial charge in [-0.15, -0.1) is 0 Å². The van der Waals surface area contributed by atoms with Crippen molar-refractivity contribution in [2.75, 3.05) is 0 Å². The van der Waals surface area contributed by atoms with Gasteiger partial charge < -0.3 is 4.74 Å². The van der Waals surface area contributed by atoms with Crippen molar-refractivity contribution in [1.82, 2.24) is 5.32 Å². The standard InChI is InChI=1S/C17H12ClNO4/c18-12-6-4-10(5-7-12)9-23-14(20)8-11-2-1-3-13-15(11)17(22)19-16(13)21/h1-7H,8-9H2,(H,19,21,22). The molecule has 0 unspecified atom stereocenters. The van der Waals surface area contributed by atoms with Crippen LogP contribution in [0.2, 0.25) is 5.02 Å². The number of imide groups is 1. The maximum absolute atomic E-state index is 12.0. The Balaban J connectivity index is 1.68. The first kappa shape index (κ1) is 15.2. The molecule has 0 spiro atoms. The minimum absolute atomic E-state index is 0.0720. The summed E-state index contributed by atoms with van der Waals surface area (Å²) in [6, 6.07) is 11.8. The molecule has 0 bridgehead atoms. The highest BCUT2D eigenvalue weighted by molar-refractivity contribution is 6.30. The summed E-state index contributed by atoms with van der Waals surface area (Å²) in [7, 11) is 0. The molecule has 2 aromatic carbocycles. The van der Waals surface area contributed by atoms with Crippen molar-refractivity contribution in [3.63, 3.8) is 0 Å². The first-order chi connectivity index (χ1) is 11.0. The van der Waals surface area contributed by atoms with Gasteiger partial charge in [0, 0.05) is 5.02 Å². The first-order valence-electron chi connectivity index (χ1n) is 6.92. The Labute approximate surface area is 137 Å². The fourth-order valence-electron chi connectivity index (χ4n) is 2.39. The van der Waals surface area contributed by atoms with E-state index in [0.717, 1.165) is 5.56 Å². The normalized spacial score (nSPS) is 12.7. The molecule has 1 heterocycles. The van der Waals surface area contributed by atoms with Crippen LogP contribution in [-0.4, -0.2) is 17.8 Å². The van der Waals surface area contributed by atoms with Crippen LogP contribution in [0.4, 0.5) is 0 Å². The highest BCUT2D eigenvalue weighted by Crippen LogP contribution is 2.21. The van der Waals surface area contributed by atoms with Crippen molar-refractivity contribution in [2.24, 2.45) is 0 Å². The molecule has 0 aliphatic carbocycles. The van der Waals surface area contributed by atoms with Gasteiger partial charge in [-0.3, -0.25) is 19.7 Å². The lowest BCUT2D eigenvalue weighted by Crippen LogP contribution is -2.20. The molecule has 2 amide bonds. The number of fused-ring (bicyclic) bond motifs is 1. The predicted octanol–water partition coefficient (Wildman–Crippen LogP) is 2.51. The second-order valence-corrected chi connectivity index (χ2v) is 5.52. The Morgan fingerprint density at radius 3 is 2.52 bits per heavy atom. The molecule has 6 heteroatoms. The van der Waals surface area contributed by atoms with Crippen molar-refractivity contribution in [1.29, 1.82) is 0 Å². The van der Waals surface area contributed by atoms with E-state index in [4.69, 9.17) is 16.3 Å². The molecule has 23 heavy (non-hydrogen) atoms. The van der Waals surface area contributed by atoms with E-state index in [1.165, 1.54) is 0 Å². The number of carbonyl (C=O) groups is 3. The number of carbonyl (C=O) groups excluding carboxylic acids is 3. The van der Waals surface area contributed by atoms with Gasteiger partial charge in [0.05, 0.1) is 17.5 Å². The highest BCUT2D eigenvalue weighted by atomic mass is 35.5. The van der Waals surface area contributed by atoms with Crippen LogP contribution in [0, 0.1) is 0 Å². The summed E-state index contributed by atoms with van der Waals surface area (Å²) in [4.78, 5) is 35.4. The molecule has 0 atom stereocenters. The number of hydrogen-bond donors (Lipinski definition) is 1. The van der Waals surface area contributed by atoms with Gasteiger partial charge in [-0.05, 0) is 29.3 Å². The Morgan fingerprint density at radius 1 is 1.04 bits per heavy atom. The van der Waals surface area contributed by atoms with Gasteiger partial charge in [0.2, 0.25) is 0 Å². The SMILES string of the molecule is O=C(Cc1cccc2c1C(=O)NC2=O)OCc1ccc(Cl)cc1. The lowest BCUT2D eigenvalue weighted by molar-refractivity contribution is -0.144. The molecular formula is C17H12ClNO4. The topological polar surface area (TPSA) is 72.5 Å². The number of rotatable bonds is 4. The largest absolute Gasteiger partial charge is 0.461 e. The van der Waals surface area contributed by atoms with E-state index in [1.54, 1.807) is 42.5 Å². The Kier molecular flexibility index (Phi) is 4.12. The average molecular weight is 330 g/mol. The van der Waals surface area contributed by atoms with Gasteiger partial charge in [-0.2, -0.15) is 0 Å². The van der Waals surface area contributed by atoms with E-state index in [2.05, 4.69) is 5.32 Å². The second-order valence-electron chi connectivity index (χ2n) is 5.09. The number of esters is 1. The lowest BCUT2D eigenvalue weighted by Gasteiger charge is -2.07. The maximum atomic E-state index is 12.0. The summed E-state index contributed by atoms with van der Waals surface area (Å²) in [6.45, 7) is 0.121. The van der Waals surface area contributed by atoms with E-state index >= 15 is 0 Å². The molecule has 2 aromatic rings. The average Bonchev–Trinajstić information content (AvgIpc) is 2.82. The van der Waals surface area contributed by atoms with Gasteiger partial charge in [-0.1, -0.05) is 35.9 Å². The summed E-state index contributed by atoms with van der Waals surface area (Å²) in [5, 5.41) is 2.82. The van der Waals surface area contributed by atoms with E-state index in [1.807, 2.05) is 0 Å². The first-order valence-corrected chi connectivity index (χ1v) is 7.30. The molecule has 0 saturated heterocycles. The summed E-state index contributed by atoms with van der Waals surface area (Å²) < 4.78 is 5.20. The predicted molar refractivity (Wildman–Crippen MR) is 83.2 cm³/mol. The molecule has 0 fully saturated rings. The number of ether oxygens (including phenoxy) is 1. The van der Waals surface area contributed by atoms with Crippen LogP contribution in [0.3, 0.4) is 0 Å². The van der Waals surface area contributed by atoms with Crippen LogP contribution >= 0.6 is 11.6 Å². The minimum atomic E-state index is -0.480. The monoisotopic (exact) mass is 329 g/mol. The van der Waals surface area contributed by atoms with Crippen molar-refractivity contribution in [3.05, 3.63) is 69.7 Å². The molecule has 1 aliphatic rings. The third-order valence-corrected chi connectivity index (χ3v) is 3.75. The highest BCUT2D eigenvalue weighted by Gasteiger charge is 2.29. The van der Waals surface area contributed by atoms with Crippen molar-refractivity contribution in [2.45, 2.75) is 13.0 Å². The molecule has 1 aliphatic heterocycles. The van der Waals surface area contributed by atoms with Crippen molar-refractivity contribution < 1.29 is 19.1 Å². The third-order valence-electron chi connectivity index (χ3n) is 3.50. The van der Waals surface area contributed by atoms with Crippen LogP contribution in [-0.2, 0) is 22.6 Å². The second kappa shape index (κ2) is 6.22.